The topological polar surface area (TPSA) is 97.7 Å². The molecule has 1 aromatic heterocycles. The first-order valence-electron chi connectivity index (χ1n) is 9.25. The van der Waals surface area contributed by atoms with E-state index in [9.17, 15) is 18.0 Å². The first-order valence-corrected chi connectivity index (χ1v) is 10.7. The van der Waals surface area contributed by atoms with Crippen molar-refractivity contribution >= 4 is 26.8 Å². The minimum absolute atomic E-state index is 0.00764. The van der Waals surface area contributed by atoms with Gasteiger partial charge in [0, 0.05) is 45.4 Å². The van der Waals surface area contributed by atoms with Gasteiger partial charge in [0.1, 0.15) is 5.56 Å². The van der Waals surface area contributed by atoms with E-state index < -0.39 is 21.4 Å². The Morgan fingerprint density at radius 1 is 1.36 bits per heavy atom. The third-order valence-corrected chi connectivity index (χ3v) is 6.74. The minimum atomic E-state index is -3.69. The van der Waals surface area contributed by atoms with Crippen molar-refractivity contribution in [2.45, 2.75) is 37.3 Å². The van der Waals surface area contributed by atoms with Crippen molar-refractivity contribution in [2.75, 3.05) is 27.2 Å². The second kappa shape index (κ2) is 8.02. The highest BCUT2D eigenvalue weighted by molar-refractivity contribution is 7.89. The van der Waals surface area contributed by atoms with E-state index in [2.05, 4.69) is 5.32 Å². The smallest absolute Gasteiger partial charge is 0.256 e. The molecule has 1 amide bonds. The van der Waals surface area contributed by atoms with E-state index in [0.717, 1.165) is 17.1 Å². The highest BCUT2D eigenvalue weighted by Gasteiger charge is 2.22. The number of aromatic nitrogens is 1. The molecule has 152 valence electrons. The number of benzene rings is 1. The van der Waals surface area contributed by atoms with Crippen molar-refractivity contribution in [3.8, 4) is 0 Å². The van der Waals surface area contributed by atoms with Gasteiger partial charge >= 0.3 is 0 Å². The molecule has 1 saturated heterocycles. The van der Waals surface area contributed by atoms with E-state index in [4.69, 9.17) is 4.74 Å². The Bertz CT molecular complexity index is 1050. The number of amides is 1. The predicted molar refractivity (Wildman–Crippen MR) is 106 cm³/mol. The lowest BCUT2D eigenvalue weighted by atomic mass is 10.1. The van der Waals surface area contributed by atoms with E-state index in [-0.39, 0.29) is 21.9 Å². The maximum Gasteiger partial charge on any atom is 0.256 e. The molecule has 0 bridgehead atoms. The molecule has 1 aliphatic heterocycles. The van der Waals surface area contributed by atoms with Crippen LogP contribution in [0.15, 0.2) is 34.1 Å². The lowest BCUT2D eigenvalue weighted by molar-refractivity contribution is 0.0856. The molecule has 8 nitrogen and oxygen atoms in total. The SMILES string of the molecule is CCn1cc(C(=O)NC[C@H]2CCCO2)c(=O)c2cc(S(=O)(=O)N(C)C)ccc21. The first kappa shape index (κ1) is 20.5. The summed E-state index contributed by atoms with van der Waals surface area (Å²) in [5, 5.41) is 2.96. The van der Waals surface area contributed by atoms with Crippen molar-refractivity contribution in [3.63, 3.8) is 0 Å². The largest absolute Gasteiger partial charge is 0.376 e. The van der Waals surface area contributed by atoms with Crippen molar-refractivity contribution in [1.82, 2.24) is 14.2 Å². The molecular weight excluding hydrogens is 382 g/mol. The molecule has 1 N–H and O–H groups in total. The third-order valence-electron chi connectivity index (χ3n) is 4.93. The van der Waals surface area contributed by atoms with Crippen LogP contribution in [0.3, 0.4) is 0 Å². The quantitative estimate of drug-likeness (QED) is 0.776. The van der Waals surface area contributed by atoms with Crippen LogP contribution in [0.5, 0.6) is 0 Å². The summed E-state index contributed by atoms with van der Waals surface area (Å²) < 4.78 is 33.2. The normalized spacial score (nSPS) is 17.4. The van der Waals surface area contributed by atoms with Gasteiger partial charge in [0.05, 0.1) is 16.5 Å². The minimum Gasteiger partial charge on any atom is -0.376 e. The standard InChI is InChI=1S/C19H25N3O5S/c1-4-22-12-16(19(24)20-11-13-6-5-9-27-13)18(23)15-10-14(7-8-17(15)22)28(25,26)21(2)3/h7-8,10,12-13H,4-6,9,11H2,1-3H3,(H,20,24)/t13-/m1/s1. The van der Waals surface area contributed by atoms with Crippen LogP contribution in [0.2, 0.25) is 0 Å². The van der Waals surface area contributed by atoms with Gasteiger partial charge in [0.25, 0.3) is 5.91 Å². The van der Waals surface area contributed by atoms with Crippen LogP contribution < -0.4 is 10.7 Å². The van der Waals surface area contributed by atoms with Crippen LogP contribution in [-0.2, 0) is 21.3 Å². The molecule has 0 aliphatic carbocycles. The van der Waals surface area contributed by atoms with E-state index in [1.807, 2.05) is 6.92 Å². The number of fused-ring (bicyclic) bond motifs is 1. The highest BCUT2D eigenvalue weighted by Crippen LogP contribution is 2.20. The molecule has 0 spiro atoms. The number of nitrogens with zero attached hydrogens (tertiary/aromatic N) is 2. The molecule has 2 aromatic rings. The van der Waals surface area contributed by atoms with E-state index in [0.29, 0.717) is 25.2 Å². The molecule has 0 unspecified atom stereocenters. The molecule has 1 aliphatic rings. The van der Waals surface area contributed by atoms with Gasteiger partial charge in [-0.3, -0.25) is 9.59 Å². The zero-order valence-electron chi connectivity index (χ0n) is 16.3. The summed E-state index contributed by atoms with van der Waals surface area (Å²) in [5.74, 6) is -0.481. The van der Waals surface area contributed by atoms with Gasteiger partial charge in [-0.15, -0.1) is 0 Å². The second-order valence-electron chi connectivity index (χ2n) is 6.97. The maximum atomic E-state index is 13.0. The summed E-state index contributed by atoms with van der Waals surface area (Å²) in [6.45, 7) is 3.45. The summed E-state index contributed by atoms with van der Waals surface area (Å²) in [6, 6.07) is 4.42. The lowest BCUT2D eigenvalue weighted by Gasteiger charge is -2.15. The average Bonchev–Trinajstić information content (AvgIpc) is 3.19. The molecule has 0 saturated carbocycles. The molecule has 2 heterocycles. The van der Waals surface area contributed by atoms with Gasteiger partial charge in [-0.25, -0.2) is 12.7 Å². The Labute approximate surface area is 164 Å². The number of aryl methyl sites for hydroxylation is 1. The van der Waals surface area contributed by atoms with Crippen molar-refractivity contribution in [3.05, 3.63) is 40.2 Å². The number of hydrogen-bond donors (Lipinski definition) is 1. The van der Waals surface area contributed by atoms with Crippen LogP contribution in [0.1, 0.15) is 30.1 Å². The van der Waals surface area contributed by atoms with Gasteiger partial charge in [0.15, 0.2) is 0 Å². The van der Waals surface area contributed by atoms with E-state index in [1.165, 1.54) is 32.4 Å². The number of ether oxygens (including phenoxy) is 1. The fourth-order valence-electron chi connectivity index (χ4n) is 3.28. The number of rotatable bonds is 6. The van der Waals surface area contributed by atoms with Crippen LogP contribution in [0.25, 0.3) is 10.9 Å². The number of hydrogen-bond acceptors (Lipinski definition) is 5. The first-order chi connectivity index (χ1) is 13.3. The number of sulfonamides is 1. The zero-order chi connectivity index (χ0) is 20.5. The monoisotopic (exact) mass is 407 g/mol. The van der Waals surface area contributed by atoms with Gasteiger partial charge in [-0.05, 0) is 38.0 Å². The average molecular weight is 407 g/mol. The predicted octanol–water partition coefficient (Wildman–Crippen LogP) is 1.18. The Morgan fingerprint density at radius 2 is 2.11 bits per heavy atom. The number of pyridine rings is 1. The number of carbonyl (C=O) groups is 1. The summed E-state index contributed by atoms with van der Waals surface area (Å²) in [5.41, 5.74) is 0.0907. The fraction of sp³-hybridized carbons (Fsp3) is 0.474. The molecular formula is C19H25N3O5S. The fourth-order valence-corrected chi connectivity index (χ4v) is 4.21. The summed E-state index contributed by atoms with van der Waals surface area (Å²) in [7, 11) is -0.832. The lowest BCUT2D eigenvalue weighted by Crippen LogP contribution is -2.35. The summed E-state index contributed by atoms with van der Waals surface area (Å²) in [6.07, 6.45) is 3.33. The molecule has 1 atom stereocenters. The Morgan fingerprint density at radius 3 is 2.71 bits per heavy atom. The Kier molecular flexibility index (Phi) is 5.87. The Hall–Kier alpha value is -2.23. The number of carbonyl (C=O) groups excluding carboxylic acids is 1. The molecule has 1 aromatic carbocycles. The summed E-state index contributed by atoms with van der Waals surface area (Å²) in [4.78, 5) is 25.6. The van der Waals surface area contributed by atoms with Gasteiger partial charge in [0.2, 0.25) is 15.5 Å². The van der Waals surface area contributed by atoms with Gasteiger partial charge in [-0.2, -0.15) is 0 Å². The molecule has 1 fully saturated rings. The number of nitrogens with one attached hydrogen (secondary N) is 1. The van der Waals surface area contributed by atoms with Crippen molar-refractivity contribution in [1.29, 1.82) is 0 Å². The van der Waals surface area contributed by atoms with Gasteiger partial charge in [-0.1, -0.05) is 0 Å². The van der Waals surface area contributed by atoms with Crippen molar-refractivity contribution in [2.24, 2.45) is 0 Å². The molecule has 0 radical (unpaired) electrons. The van der Waals surface area contributed by atoms with Crippen LogP contribution in [0, 0.1) is 0 Å². The summed E-state index contributed by atoms with van der Waals surface area (Å²) >= 11 is 0. The van der Waals surface area contributed by atoms with Crippen LogP contribution in [-0.4, -0.2) is 56.5 Å². The zero-order valence-corrected chi connectivity index (χ0v) is 17.1. The molecule has 3 rings (SSSR count). The van der Waals surface area contributed by atoms with E-state index >= 15 is 0 Å². The third kappa shape index (κ3) is 3.82. The Balaban J connectivity index is 2.04. The van der Waals surface area contributed by atoms with Crippen LogP contribution >= 0.6 is 0 Å². The maximum absolute atomic E-state index is 13.0. The van der Waals surface area contributed by atoms with Crippen LogP contribution in [0.4, 0.5) is 0 Å². The van der Waals surface area contributed by atoms with E-state index in [1.54, 1.807) is 10.6 Å². The van der Waals surface area contributed by atoms with Crippen molar-refractivity contribution < 1.29 is 17.9 Å². The van der Waals surface area contributed by atoms with Gasteiger partial charge < -0.3 is 14.6 Å². The highest BCUT2D eigenvalue weighted by atomic mass is 32.2. The molecule has 28 heavy (non-hydrogen) atoms. The molecule has 9 heteroatoms. The second-order valence-corrected chi connectivity index (χ2v) is 9.12.